The molecule has 2 saturated heterocycles. The zero-order valence-electron chi connectivity index (χ0n) is 22.5. The Morgan fingerprint density at radius 3 is 2.52 bits per heavy atom. The van der Waals surface area contributed by atoms with Crippen LogP contribution in [0, 0.1) is 11.3 Å². The Balaban J connectivity index is 1.41. The number of carbonyl (C=O) groups is 1. The van der Waals surface area contributed by atoms with Crippen LogP contribution in [-0.2, 0) is 10.2 Å². The number of rotatable bonds is 10. The van der Waals surface area contributed by atoms with E-state index in [9.17, 15) is 35.6 Å². The highest BCUT2D eigenvalue weighted by Gasteiger charge is 2.62. The molecule has 1 aromatic heterocycles. The topological polar surface area (TPSA) is 136 Å². The number of fused-ring (bicyclic) bond motifs is 1. The summed E-state index contributed by atoms with van der Waals surface area (Å²) in [4.78, 5) is 28.4. The highest BCUT2D eigenvalue weighted by molar-refractivity contribution is 7.90. The highest BCUT2D eigenvalue weighted by Crippen LogP contribution is 2.61. The maximum Gasteiger partial charge on any atom is 0.299 e. The van der Waals surface area contributed by atoms with Crippen LogP contribution < -0.4 is 30.2 Å². The number of nitrogens with zero attached hydrogens (tertiary/aromatic N) is 3. The third kappa shape index (κ3) is 6.20. The largest absolute Gasteiger partial charge is 0.395 e. The molecule has 11 nitrogen and oxygen atoms in total. The minimum atomic E-state index is -4.05. The van der Waals surface area contributed by atoms with Gasteiger partial charge in [0.15, 0.2) is 0 Å². The molecule has 4 N–H and O–H groups in total. The first-order chi connectivity index (χ1) is 19.8. The van der Waals surface area contributed by atoms with Gasteiger partial charge >= 0.3 is 0 Å². The summed E-state index contributed by atoms with van der Waals surface area (Å²) in [5.41, 5.74) is -1.29. The van der Waals surface area contributed by atoms with Crippen molar-refractivity contribution in [1.29, 1.82) is 0 Å². The normalized spacial score (nSPS) is 23.4. The Morgan fingerprint density at radius 2 is 1.86 bits per heavy atom. The van der Waals surface area contributed by atoms with Gasteiger partial charge in [0.05, 0.1) is 23.5 Å². The van der Waals surface area contributed by atoms with Crippen LogP contribution in [0.15, 0.2) is 41.3 Å². The fraction of sp³-hybridized carbons (Fsp3) is 0.538. The summed E-state index contributed by atoms with van der Waals surface area (Å²) in [5.74, 6) is -3.78. The van der Waals surface area contributed by atoms with E-state index in [4.69, 9.17) is 5.11 Å². The Hall–Kier alpha value is -3.37. The minimum Gasteiger partial charge on any atom is -0.395 e. The van der Waals surface area contributed by atoms with E-state index in [0.29, 0.717) is 12.1 Å². The van der Waals surface area contributed by atoms with Crippen molar-refractivity contribution in [2.24, 2.45) is 11.3 Å². The number of hydrogen-bond donors (Lipinski definition) is 4. The highest BCUT2D eigenvalue weighted by atomic mass is 32.2. The summed E-state index contributed by atoms with van der Waals surface area (Å²) in [6.45, 7) is -0.290. The zero-order valence-corrected chi connectivity index (χ0v) is 23.3. The van der Waals surface area contributed by atoms with E-state index in [1.165, 1.54) is 46.2 Å². The van der Waals surface area contributed by atoms with Gasteiger partial charge in [-0.25, -0.2) is 22.2 Å². The Bertz CT molecular complexity index is 1500. The second kappa shape index (κ2) is 11.4. The monoisotopic (exact) mass is 616 g/mol. The lowest BCUT2D eigenvalue weighted by atomic mass is 9.95. The summed E-state index contributed by atoms with van der Waals surface area (Å²) < 4.78 is 84.9. The number of aromatic nitrogens is 1. The first-order valence-corrected chi connectivity index (χ1v) is 15.0. The number of amides is 1. The van der Waals surface area contributed by atoms with E-state index < -0.39 is 58.9 Å². The molecule has 3 heterocycles. The number of halogens is 4. The maximum absolute atomic E-state index is 13.7. The van der Waals surface area contributed by atoms with Crippen LogP contribution in [0.25, 0.3) is 0 Å². The number of piperidine rings is 2. The van der Waals surface area contributed by atoms with Gasteiger partial charge in [0.2, 0.25) is 6.43 Å². The smallest absolute Gasteiger partial charge is 0.299 e. The van der Waals surface area contributed by atoms with Crippen molar-refractivity contribution in [3.8, 4) is 0 Å². The molecule has 2 atom stereocenters. The van der Waals surface area contributed by atoms with Crippen LogP contribution in [-0.4, -0.2) is 75.8 Å². The summed E-state index contributed by atoms with van der Waals surface area (Å²) in [6.07, 6.45) is -1.30. The van der Waals surface area contributed by atoms with Crippen molar-refractivity contribution in [3.05, 3.63) is 52.4 Å². The molecule has 230 valence electrons. The van der Waals surface area contributed by atoms with Crippen LogP contribution >= 0.6 is 0 Å². The predicted molar refractivity (Wildman–Crippen MR) is 148 cm³/mol. The molecular weight excluding hydrogens is 584 g/mol. The number of carbonyl (C=O) groups excluding carboxylic acids is 1. The summed E-state index contributed by atoms with van der Waals surface area (Å²) in [6, 6.07) is 7.01. The summed E-state index contributed by atoms with van der Waals surface area (Å²) >= 11 is 0. The van der Waals surface area contributed by atoms with Crippen molar-refractivity contribution < 1.29 is 35.9 Å². The van der Waals surface area contributed by atoms with E-state index in [0.717, 1.165) is 0 Å². The second-order valence-electron chi connectivity index (χ2n) is 10.9. The number of benzene rings is 1. The van der Waals surface area contributed by atoms with E-state index in [-0.39, 0.29) is 62.0 Å². The first kappa shape index (κ1) is 30.1. The molecule has 1 aromatic carbocycles. The van der Waals surface area contributed by atoms with Gasteiger partial charge in [0.25, 0.3) is 27.6 Å². The quantitative estimate of drug-likeness (QED) is 0.301. The van der Waals surface area contributed by atoms with Crippen LogP contribution in [0.1, 0.15) is 36.0 Å². The summed E-state index contributed by atoms with van der Waals surface area (Å²) in [5, 5.41) is 13.0. The average Bonchev–Trinajstić information content (AvgIpc) is 3.69. The lowest BCUT2D eigenvalue weighted by Crippen LogP contribution is -2.49. The minimum absolute atomic E-state index is 0.0464. The van der Waals surface area contributed by atoms with Crippen LogP contribution in [0.5, 0.6) is 0 Å². The standard InChI is InChI=1S/C26H32F4N6O5S/c27-24(28)25-5-10-34(16-17(25)15-25)21-14-18(33-42(40,41)31-8-13-37)3-4-19(21)22(38)32-20-2-1-9-36(23(20)39)35-11-6-26(29,30)7-12-35/h1-4,9,14,17,24,31,33,37H,5-8,10-13,15-16H2,(H,32,38)/t17-,25+/m0/s1. The predicted octanol–water partition coefficient (Wildman–Crippen LogP) is 2.19. The third-order valence-corrected chi connectivity index (χ3v) is 9.28. The SMILES string of the molecule is O=C(Nc1cccn(N2CCC(F)(F)CC2)c1=O)c1ccc(NS(=O)(=O)NCCO)cc1N1CC[C@@]2(C(F)F)C[C@H]2C1. The van der Waals surface area contributed by atoms with Crippen molar-refractivity contribution in [2.45, 2.75) is 38.0 Å². The van der Waals surface area contributed by atoms with Crippen LogP contribution in [0.3, 0.4) is 0 Å². The Morgan fingerprint density at radius 1 is 1.12 bits per heavy atom. The fourth-order valence-electron chi connectivity index (χ4n) is 5.70. The molecule has 2 aromatic rings. The molecule has 0 bridgehead atoms. The first-order valence-electron chi connectivity index (χ1n) is 13.6. The molecule has 1 saturated carbocycles. The number of pyridine rings is 1. The van der Waals surface area contributed by atoms with Gasteiger partial charge in [0.1, 0.15) is 5.69 Å². The molecular formula is C26H32F4N6O5S. The number of hydrogen-bond acceptors (Lipinski definition) is 7. The van der Waals surface area contributed by atoms with Crippen LogP contribution in [0.2, 0.25) is 0 Å². The molecule has 0 spiro atoms. The number of aliphatic hydroxyl groups excluding tert-OH is 1. The lowest BCUT2D eigenvalue weighted by molar-refractivity contribution is -0.0260. The molecule has 1 amide bonds. The molecule has 1 aliphatic carbocycles. The Kier molecular flexibility index (Phi) is 8.15. The molecule has 5 rings (SSSR count). The fourth-order valence-corrected chi connectivity index (χ4v) is 6.57. The van der Waals surface area contributed by atoms with Crippen LogP contribution in [0.4, 0.5) is 34.6 Å². The zero-order chi connectivity index (χ0) is 30.3. The van der Waals surface area contributed by atoms with Gasteiger partial charge in [-0.15, -0.1) is 0 Å². The maximum atomic E-state index is 13.7. The lowest BCUT2D eigenvalue weighted by Gasteiger charge is -2.34. The second-order valence-corrected chi connectivity index (χ2v) is 12.4. The van der Waals surface area contributed by atoms with Crippen molar-refractivity contribution >= 4 is 33.2 Å². The number of aliphatic hydroxyl groups is 1. The number of anilines is 3. The molecule has 2 aliphatic heterocycles. The van der Waals surface area contributed by atoms with Gasteiger partial charge in [0, 0.05) is 57.2 Å². The number of alkyl halides is 4. The molecule has 42 heavy (non-hydrogen) atoms. The van der Waals surface area contributed by atoms with Crippen molar-refractivity contribution in [3.63, 3.8) is 0 Å². The molecule has 0 radical (unpaired) electrons. The molecule has 3 fully saturated rings. The van der Waals surface area contributed by atoms with Crippen molar-refractivity contribution in [1.82, 2.24) is 9.40 Å². The van der Waals surface area contributed by atoms with E-state index >= 15 is 0 Å². The Labute approximate surface area is 239 Å². The van der Waals surface area contributed by atoms with E-state index in [2.05, 4.69) is 14.8 Å². The van der Waals surface area contributed by atoms with E-state index in [1.54, 1.807) is 4.90 Å². The van der Waals surface area contributed by atoms with Crippen molar-refractivity contribution in [2.75, 3.05) is 59.3 Å². The van der Waals surface area contributed by atoms with Gasteiger partial charge < -0.3 is 20.3 Å². The molecule has 0 unspecified atom stereocenters. The molecule has 16 heteroatoms. The summed E-state index contributed by atoms with van der Waals surface area (Å²) in [7, 11) is -4.05. The number of nitrogens with one attached hydrogen (secondary N) is 3. The molecule has 3 aliphatic rings. The van der Waals surface area contributed by atoms with Gasteiger partial charge in [-0.2, -0.15) is 13.1 Å². The van der Waals surface area contributed by atoms with Gasteiger partial charge in [-0.05, 0) is 49.1 Å². The average molecular weight is 617 g/mol. The van der Waals surface area contributed by atoms with E-state index in [1.807, 2.05) is 0 Å². The van der Waals surface area contributed by atoms with Gasteiger partial charge in [-0.3, -0.25) is 14.3 Å². The third-order valence-electron chi connectivity index (χ3n) is 8.19. The van der Waals surface area contributed by atoms with Gasteiger partial charge in [-0.1, -0.05) is 0 Å².